The highest BCUT2D eigenvalue weighted by Crippen LogP contribution is 2.68. The molecule has 0 amide bonds. The third kappa shape index (κ3) is 3.02. The van der Waals surface area contributed by atoms with Gasteiger partial charge in [0.25, 0.3) is 0 Å². The van der Waals surface area contributed by atoms with Crippen molar-refractivity contribution in [3.63, 3.8) is 0 Å². The van der Waals surface area contributed by atoms with Crippen molar-refractivity contribution in [1.82, 2.24) is 0 Å². The molecule has 1 aromatic heterocycles. The molecule has 0 aromatic carbocycles. The first-order valence-corrected chi connectivity index (χ1v) is 12.3. The fourth-order valence-electron chi connectivity index (χ4n) is 8.07. The van der Waals surface area contributed by atoms with Gasteiger partial charge in [-0.05, 0) is 41.7 Å². The molecule has 5 rings (SSSR count). The molecule has 1 saturated heterocycles. The van der Waals surface area contributed by atoms with Gasteiger partial charge in [-0.2, -0.15) is 0 Å². The van der Waals surface area contributed by atoms with Crippen LogP contribution in [0.5, 0.6) is 0 Å². The lowest BCUT2D eigenvalue weighted by atomic mass is 9.39. The number of fused-ring (bicyclic) bond motifs is 5. The molecular weight excluding hydrogens is 452 g/mol. The first-order chi connectivity index (χ1) is 16.3. The van der Waals surface area contributed by atoms with Gasteiger partial charge < -0.3 is 24.1 Å². The quantitative estimate of drug-likeness (QED) is 0.493. The minimum Gasteiger partial charge on any atom is -0.472 e. The number of methoxy groups -OCH3 is 1. The van der Waals surface area contributed by atoms with Gasteiger partial charge in [0.1, 0.15) is 6.10 Å². The minimum atomic E-state index is -2.01. The highest BCUT2D eigenvalue weighted by molar-refractivity contribution is 5.97. The van der Waals surface area contributed by atoms with Crippen molar-refractivity contribution in [2.75, 3.05) is 7.11 Å². The molecule has 7 atom stereocenters. The smallest absolute Gasteiger partial charge is 0.310 e. The molecule has 190 valence electrons. The van der Waals surface area contributed by atoms with Crippen LogP contribution >= 0.6 is 0 Å². The van der Waals surface area contributed by atoms with Crippen LogP contribution in [-0.2, 0) is 23.9 Å². The third-order valence-electron chi connectivity index (χ3n) is 9.89. The van der Waals surface area contributed by atoms with Crippen molar-refractivity contribution in [2.24, 2.45) is 28.1 Å². The van der Waals surface area contributed by atoms with Crippen LogP contribution in [0.4, 0.5) is 0 Å². The molecule has 1 aliphatic heterocycles. The van der Waals surface area contributed by atoms with E-state index in [1.807, 2.05) is 6.92 Å². The lowest BCUT2D eigenvalue weighted by molar-refractivity contribution is -0.226. The second-order valence-corrected chi connectivity index (χ2v) is 11.9. The Hall–Kier alpha value is -2.45. The summed E-state index contributed by atoms with van der Waals surface area (Å²) in [6, 6.07) is 1.79. The van der Waals surface area contributed by atoms with E-state index in [1.165, 1.54) is 7.11 Å². The van der Waals surface area contributed by atoms with Crippen molar-refractivity contribution in [3.8, 4) is 0 Å². The van der Waals surface area contributed by atoms with Crippen molar-refractivity contribution in [3.05, 3.63) is 35.3 Å². The molecule has 2 N–H and O–H groups in total. The highest BCUT2D eigenvalue weighted by atomic mass is 16.5. The molecule has 2 heterocycles. The molecule has 2 saturated carbocycles. The Balaban J connectivity index is 1.71. The summed E-state index contributed by atoms with van der Waals surface area (Å²) in [5.41, 5.74) is -2.10. The molecule has 0 unspecified atom stereocenters. The SMILES string of the molecule is COC(=O)C[C@H]1C(C)(C)[C@H](O)[C@]2(O)CC3=C4CC(=O)O[C@@H](c5ccoc5)[C@]4(C)CC[C@@H]3[C@@]1(C)C2=O. The van der Waals surface area contributed by atoms with Gasteiger partial charge >= 0.3 is 11.9 Å². The number of hydrogen-bond donors (Lipinski definition) is 2. The number of rotatable bonds is 3. The maximum absolute atomic E-state index is 14.0. The monoisotopic (exact) mass is 486 g/mol. The van der Waals surface area contributed by atoms with Crippen molar-refractivity contribution < 1.29 is 38.5 Å². The van der Waals surface area contributed by atoms with Crippen LogP contribution in [0, 0.1) is 28.1 Å². The Bertz CT molecular complexity index is 1120. The number of furan rings is 1. The van der Waals surface area contributed by atoms with Crippen LogP contribution in [0.25, 0.3) is 0 Å². The van der Waals surface area contributed by atoms with E-state index in [2.05, 4.69) is 6.92 Å². The Morgan fingerprint density at radius 1 is 1.23 bits per heavy atom. The predicted octanol–water partition coefficient (Wildman–Crippen LogP) is 3.27. The summed E-state index contributed by atoms with van der Waals surface area (Å²) in [4.78, 5) is 39.2. The van der Waals surface area contributed by atoms with Crippen LogP contribution in [0.1, 0.15) is 71.5 Å². The van der Waals surface area contributed by atoms with E-state index in [9.17, 15) is 24.6 Å². The number of hydrogen-bond acceptors (Lipinski definition) is 8. The average Bonchev–Trinajstić information content (AvgIpc) is 3.34. The van der Waals surface area contributed by atoms with E-state index in [0.717, 1.165) is 16.7 Å². The lowest BCUT2D eigenvalue weighted by Crippen LogP contribution is -2.74. The number of carbonyl (C=O) groups is 3. The van der Waals surface area contributed by atoms with E-state index >= 15 is 0 Å². The summed E-state index contributed by atoms with van der Waals surface area (Å²) in [6.07, 6.45) is 2.48. The molecule has 8 heteroatoms. The first-order valence-electron chi connectivity index (χ1n) is 12.3. The summed E-state index contributed by atoms with van der Waals surface area (Å²) < 4.78 is 16.0. The maximum atomic E-state index is 14.0. The summed E-state index contributed by atoms with van der Waals surface area (Å²) in [6.45, 7) is 7.49. The van der Waals surface area contributed by atoms with E-state index in [1.54, 1.807) is 32.4 Å². The molecule has 0 radical (unpaired) electrons. The number of carbonyl (C=O) groups excluding carboxylic acids is 3. The molecule has 8 nitrogen and oxygen atoms in total. The minimum absolute atomic E-state index is 0.0298. The fraction of sp³-hybridized carbons (Fsp3) is 0.667. The van der Waals surface area contributed by atoms with Gasteiger partial charge in [0.15, 0.2) is 11.4 Å². The van der Waals surface area contributed by atoms with E-state index < -0.39 is 51.7 Å². The molecule has 0 spiro atoms. The Morgan fingerprint density at radius 3 is 2.57 bits per heavy atom. The van der Waals surface area contributed by atoms with Gasteiger partial charge in [0.2, 0.25) is 0 Å². The maximum Gasteiger partial charge on any atom is 0.310 e. The Morgan fingerprint density at radius 2 is 1.94 bits per heavy atom. The average molecular weight is 487 g/mol. The first kappa shape index (κ1) is 24.3. The lowest BCUT2D eigenvalue weighted by Gasteiger charge is -2.65. The van der Waals surface area contributed by atoms with E-state index in [-0.39, 0.29) is 31.1 Å². The van der Waals surface area contributed by atoms with E-state index in [4.69, 9.17) is 13.9 Å². The van der Waals surface area contributed by atoms with Gasteiger partial charge in [-0.15, -0.1) is 0 Å². The van der Waals surface area contributed by atoms with Crippen molar-refractivity contribution >= 4 is 17.7 Å². The zero-order valence-electron chi connectivity index (χ0n) is 20.9. The molecule has 4 aliphatic rings. The molecular formula is C27H34O8. The summed E-state index contributed by atoms with van der Waals surface area (Å²) >= 11 is 0. The van der Waals surface area contributed by atoms with Crippen LogP contribution in [0.15, 0.2) is 34.2 Å². The van der Waals surface area contributed by atoms with Crippen LogP contribution in [0.2, 0.25) is 0 Å². The number of Topliss-reactive ketones (excluding diaryl/α,β-unsaturated/α-hetero) is 1. The van der Waals surface area contributed by atoms with Gasteiger partial charge in [-0.25, -0.2) is 0 Å². The van der Waals surface area contributed by atoms with Crippen LogP contribution < -0.4 is 0 Å². The number of ether oxygens (including phenoxy) is 2. The zero-order chi connectivity index (χ0) is 25.6. The van der Waals surface area contributed by atoms with Gasteiger partial charge in [-0.1, -0.05) is 33.3 Å². The summed E-state index contributed by atoms with van der Waals surface area (Å²) in [5, 5.41) is 23.2. The zero-order valence-corrected chi connectivity index (χ0v) is 20.9. The Labute approximate surface area is 204 Å². The second kappa shape index (κ2) is 7.53. The molecule has 35 heavy (non-hydrogen) atoms. The fourth-order valence-corrected chi connectivity index (χ4v) is 8.07. The number of ketones is 1. The van der Waals surface area contributed by atoms with Crippen LogP contribution in [-0.4, -0.2) is 46.7 Å². The van der Waals surface area contributed by atoms with Gasteiger partial charge in [0, 0.05) is 29.2 Å². The third-order valence-corrected chi connectivity index (χ3v) is 9.89. The van der Waals surface area contributed by atoms with Crippen molar-refractivity contribution in [2.45, 2.75) is 77.6 Å². The highest BCUT2D eigenvalue weighted by Gasteiger charge is 2.72. The number of esters is 2. The summed E-state index contributed by atoms with van der Waals surface area (Å²) in [7, 11) is 1.30. The molecule has 3 fully saturated rings. The normalized spacial score (nSPS) is 42.1. The molecule has 3 aliphatic carbocycles. The Kier molecular flexibility index (Phi) is 5.22. The largest absolute Gasteiger partial charge is 0.472 e. The van der Waals surface area contributed by atoms with Crippen LogP contribution in [0.3, 0.4) is 0 Å². The second-order valence-electron chi connectivity index (χ2n) is 11.9. The number of aliphatic hydroxyl groups excluding tert-OH is 1. The van der Waals surface area contributed by atoms with Gasteiger partial charge in [0.05, 0.1) is 32.2 Å². The van der Waals surface area contributed by atoms with E-state index in [0.29, 0.717) is 12.8 Å². The predicted molar refractivity (Wildman–Crippen MR) is 123 cm³/mol. The molecule has 2 bridgehead atoms. The van der Waals surface area contributed by atoms with Gasteiger partial charge in [-0.3, -0.25) is 14.4 Å². The molecule has 1 aromatic rings. The topological polar surface area (TPSA) is 123 Å². The summed E-state index contributed by atoms with van der Waals surface area (Å²) in [5.74, 6) is -2.08. The standard InChI is InChI=1S/C27H34O8/c1-24(2)18(11-19(28)33-5)26(4)16-6-8-25(3)17(15(16)12-27(32,22(24)30)23(26)31)10-20(29)35-21(25)14-7-9-34-13-14/h7,9,13,16,18,21-22,30,32H,6,8,10-12H2,1-5H3/t16-,18-,21-,22-,25+,26+,27+/m0/s1. The number of cyclic esters (lactones) is 1. The number of aliphatic hydroxyl groups is 2. The van der Waals surface area contributed by atoms with Crippen molar-refractivity contribution in [1.29, 1.82) is 0 Å².